The zero-order valence-corrected chi connectivity index (χ0v) is 12.7. The van der Waals surface area contributed by atoms with Crippen LogP contribution in [0.25, 0.3) is 0 Å². The molecular formula is C16H15BrFNO. The molecule has 2 aromatic carbocycles. The minimum atomic E-state index is -0.442. The molecule has 4 heteroatoms. The van der Waals surface area contributed by atoms with E-state index in [9.17, 15) is 9.18 Å². The fourth-order valence-electron chi connectivity index (χ4n) is 1.82. The van der Waals surface area contributed by atoms with Crippen molar-refractivity contribution < 1.29 is 9.18 Å². The smallest absolute Gasteiger partial charge is 0.224 e. The Morgan fingerprint density at radius 2 is 1.90 bits per heavy atom. The van der Waals surface area contributed by atoms with Crippen LogP contribution in [0.1, 0.15) is 17.5 Å². The Bertz CT molecular complexity index is 610. The average molecular weight is 336 g/mol. The lowest BCUT2D eigenvalue weighted by Gasteiger charge is -2.07. The molecule has 1 amide bonds. The molecule has 20 heavy (non-hydrogen) atoms. The first kappa shape index (κ1) is 14.7. The molecule has 2 rings (SSSR count). The van der Waals surface area contributed by atoms with Crippen molar-refractivity contribution in [2.75, 3.05) is 5.32 Å². The molecule has 1 N–H and O–H groups in total. The van der Waals surface area contributed by atoms with Crippen molar-refractivity contribution in [1.29, 1.82) is 0 Å². The zero-order valence-electron chi connectivity index (χ0n) is 11.1. The first-order chi connectivity index (χ1) is 9.54. The standard InChI is InChI=1S/C16H15BrFNO/c1-11-2-4-12(5-3-11)6-9-16(20)19-15-8-7-13(17)10-14(15)18/h2-5,7-8,10H,6,9H2,1H3,(H,19,20). The highest BCUT2D eigenvalue weighted by Crippen LogP contribution is 2.19. The van der Waals surface area contributed by atoms with Gasteiger partial charge in [0.05, 0.1) is 5.69 Å². The summed E-state index contributed by atoms with van der Waals surface area (Å²) in [6.45, 7) is 2.02. The van der Waals surface area contributed by atoms with Crippen molar-refractivity contribution in [1.82, 2.24) is 0 Å². The number of hydrogen-bond acceptors (Lipinski definition) is 1. The molecule has 0 bridgehead atoms. The molecule has 104 valence electrons. The summed E-state index contributed by atoms with van der Waals surface area (Å²) >= 11 is 3.18. The van der Waals surface area contributed by atoms with Gasteiger partial charge in [-0.2, -0.15) is 0 Å². The van der Waals surface area contributed by atoms with E-state index in [4.69, 9.17) is 0 Å². The highest BCUT2D eigenvalue weighted by molar-refractivity contribution is 9.10. The fourth-order valence-corrected chi connectivity index (χ4v) is 2.15. The van der Waals surface area contributed by atoms with Gasteiger partial charge in [-0.3, -0.25) is 4.79 Å². The van der Waals surface area contributed by atoms with Crippen LogP contribution in [0.5, 0.6) is 0 Å². The maximum Gasteiger partial charge on any atom is 0.224 e. The number of anilines is 1. The number of carbonyl (C=O) groups is 1. The number of benzene rings is 2. The van der Waals surface area contributed by atoms with Crippen molar-refractivity contribution in [2.45, 2.75) is 19.8 Å². The van der Waals surface area contributed by atoms with Gasteiger partial charge in [-0.15, -0.1) is 0 Å². The summed E-state index contributed by atoms with van der Waals surface area (Å²) in [6, 6.07) is 12.6. The lowest BCUT2D eigenvalue weighted by Crippen LogP contribution is -2.13. The molecule has 2 aromatic rings. The van der Waals surface area contributed by atoms with Crippen LogP contribution in [0.4, 0.5) is 10.1 Å². The molecular weight excluding hydrogens is 321 g/mol. The number of hydrogen-bond donors (Lipinski definition) is 1. The Morgan fingerprint density at radius 3 is 2.55 bits per heavy atom. The first-order valence-electron chi connectivity index (χ1n) is 6.35. The molecule has 0 spiro atoms. The van der Waals surface area contributed by atoms with E-state index in [0.717, 1.165) is 5.56 Å². The summed E-state index contributed by atoms with van der Waals surface area (Å²) < 4.78 is 14.2. The molecule has 0 radical (unpaired) electrons. The first-order valence-corrected chi connectivity index (χ1v) is 7.14. The third-order valence-corrected chi connectivity index (χ3v) is 3.46. The van der Waals surface area contributed by atoms with Gasteiger partial charge in [-0.1, -0.05) is 45.8 Å². The van der Waals surface area contributed by atoms with Crippen LogP contribution >= 0.6 is 15.9 Å². The van der Waals surface area contributed by atoms with Gasteiger partial charge in [0.25, 0.3) is 0 Å². The van der Waals surface area contributed by atoms with E-state index in [1.807, 2.05) is 31.2 Å². The van der Waals surface area contributed by atoms with E-state index in [-0.39, 0.29) is 11.6 Å². The van der Waals surface area contributed by atoms with Crippen molar-refractivity contribution in [3.8, 4) is 0 Å². The van der Waals surface area contributed by atoms with E-state index >= 15 is 0 Å². The summed E-state index contributed by atoms with van der Waals surface area (Å²) in [5, 5.41) is 2.58. The Labute approximate surface area is 126 Å². The Balaban J connectivity index is 1.90. The highest BCUT2D eigenvalue weighted by Gasteiger charge is 2.07. The van der Waals surface area contributed by atoms with Crippen molar-refractivity contribution in [3.63, 3.8) is 0 Å². The second-order valence-corrected chi connectivity index (χ2v) is 5.57. The van der Waals surface area contributed by atoms with Gasteiger partial charge in [0.2, 0.25) is 5.91 Å². The third kappa shape index (κ3) is 4.17. The van der Waals surface area contributed by atoms with Gasteiger partial charge in [-0.25, -0.2) is 4.39 Å². The van der Waals surface area contributed by atoms with Crippen LogP contribution in [0.3, 0.4) is 0 Å². The van der Waals surface area contributed by atoms with E-state index in [2.05, 4.69) is 21.2 Å². The van der Waals surface area contributed by atoms with Gasteiger partial charge in [0, 0.05) is 10.9 Å². The van der Waals surface area contributed by atoms with Crippen molar-refractivity contribution in [2.24, 2.45) is 0 Å². The molecule has 0 fully saturated rings. The molecule has 2 nitrogen and oxygen atoms in total. The second-order valence-electron chi connectivity index (χ2n) is 4.66. The minimum absolute atomic E-state index is 0.188. The topological polar surface area (TPSA) is 29.1 Å². The molecule has 0 aliphatic carbocycles. The summed E-state index contributed by atoms with van der Waals surface area (Å²) in [6.07, 6.45) is 0.975. The van der Waals surface area contributed by atoms with Gasteiger partial charge in [0.1, 0.15) is 5.82 Å². The van der Waals surface area contributed by atoms with E-state index in [1.165, 1.54) is 11.6 Å². The van der Waals surface area contributed by atoms with Crippen LogP contribution in [0.2, 0.25) is 0 Å². The quantitative estimate of drug-likeness (QED) is 0.877. The monoisotopic (exact) mass is 335 g/mol. The second kappa shape index (κ2) is 6.66. The Morgan fingerprint density at radius 1 is 1.20 bits per heavy atom. The molecule has 0 aliphatic heterocycles. The number of nitrogens with one attached hydrogen (secondary N) is 1. The predicted octanol–water partition coefficient (Wildman–Crippen LogP) is 4.47. The lowest BCUT2D eigenvalue weighted by atomic mass is 10.1. The number of carbonyl (C=O) groups excluding carboxylic acids is 1. The fraction of sp³-hybridized carbons (Fsp3) is 0.188. The molecule has 0 atom stereocenters. The van der Waals surface area contributed by atoms with Gasteiger partial charge < -0.3 is 5.32 Å². The van der Waals surface area contributed by atoms with Crippen LogP contribution < -0.4 is 5.32 Å². The summed E-state index contributed by atoms with van der Waals surface area (Å²) in [5.74, 6) is -0.630. The molecule has 0 saturated heterocycles. The number of aryl methyl sites for hydroxylation is 2. The highest BCUT2D eigenvalue weighted by atomic mass is 79.9. The Kier molecular flexibility index (Phi) is 4.90. The Hall–Kier alpha value is -1.68. The van der Waals surface area contributed by atoms with Crippen LogP contribution in [-0.2, 0) is 11.2 Å². The molecule has 0 aromatic heterocycles. The van der Waals surface area contributed by atoms with Crippen LogP contribution in [0.15, 0.2) is 46.9 Å². The van der Waals surface area contributed by atoms with E-state index in [1.54, 1.807) is 12.1 Å². The molecule has 0 aliphatic rings. The largest absolute Gasteiger partial charge is 0.324 e. The lowest BCUT2D eigenvalue weighted by molar-refractivity contribution is -0.116. The minimum Gasteiger partial charge on any atom is -0.324 e. The van der Waals surface area contributed by atoms with Gasteiger partial charge in [0.15, 0.2) is 0 Å². The summed E-state index contributed by atoms with van der Waals surface area (Å²) in [5.41, 5.74) is 2.50. The van der Waals surface area contributed by atoms with Gasteiger partial charge in [-0.05, 0) is 37.1 Å². The average Bonchev–Trinajstić information content (AvgIpc) is 2.41. The van der Waals surface area contributed by atoms with Gasteiger partial charge >= 0.3 is 0 Å². The van der Waals surface area contributed by atoms with Crippen molar-refractivity contribution in [3.05, 3.63) is 63.9 Å². The van der Waals surface area contributed by atoms with Crippen LogP contribution in [-0.4, -0.2) is 5.91 Å². The summed E-state index contributed by atoms with van der Waals surface area (Å²) in [4.78, 5) is 11.8. The maximum absolute atomic E-state index is 13.6. The maximum atomic E-state index is 13.6. The van der Waals surface area contributed by atoms with Crippen molar-refractivity contribution >= 4 is 27.5 Å². The SMILES string of the molecule is Cc1ccc(CCC(=O)Nc2ccc(Br)cc2F)cc1. The number of halogens is 2. The van der Waals surface area contributed by atoms with Crippen LogP contribution in [0, 0.1) is 12.7 Å². The van der Waals surface area contributed by atoms with E-state index < -0.39 is 5.82 Å². The zero-order chi connectivity index (χ0) is 14.5. The normalized spacial score (nSPS) is 10.3. The number of amides is 1. The third-order valence-electron chi connectivity index (χ3n) is 2.97. The molecule has 0 heterocycles. The number of rotatable bonds is 4. The molecule has 0 saturated carbocycles. The predicted molar refractivity (Wildman–Crippen MR) is 82.2 cm³/mol. The summed E-state index contributed by atoms with van der Waals surface area (Å²) in [7, 11) is 0. The molecule has 0 unspecified atom stereocenters. The van der Waals surface area contributed by atoms with E-state index in [0.29, 0.717) is 17.3 Å².